The topological polar surface area (TPSA) is 68.0 Å². The molecule has 1 amide bonds. The highest BCUT2D eigenvalue weighted by Gasteiger charge is 2.31. The highest BCUT2D eigenvalue weighted by molar-refractivity contribution is 8.00. The number of amides is 1. The summed E-state index contributed by atoms with van der Waals surface area (Å²) in [5.41, 5.74) is 0.854. The van der Waals surface area contributed by atoms with E-state index in [1.807, 2.05) is 30.3 Å². The van der Waals surface area contributed by atoms with E-state index >= 15 is 0 Å². The number of nitrogens with zero attached hydrogens (tertiary/aromatic N) is 2. The third-order valence-corrected chi connectivity index (χ3v) is 5.75. The van der Waals surface area contributed by atoms with Crippen molar-refractivity contribution in [1.82, 2.24) is 10.2 Å². The van der Waals surface area contributed by atoms with E-state index in [1.165, 1.54) is 12.1 Å². The summed E-state index contributed by atoms with van der Waals surface area (Å²) >= 11 is 1.04. The molecule has 1 unspecified atom stereocenters. The first kappa shape index (κ1) is 22.6. The Hall–Kier alpha value is -3.59. The fourth-order valence-electron chi connectivity index (χ4n) is 3.11. The van der Waals surface area contributed by atoms with E-state index in [1.54, 1.807) is 30.3 Å². The van der Waals surface area contributed by atoms with Gasteiger partial charge in [-0.1, -0.05) is 66.7 Å². The average molecular weight is 469 g/mol. The minimum atomic E-state index is -4.51. The lowest BCUT2D eigenvalue weighted by atomic mass is 10.1. The van der Waals surface area contributed by atoms with Gasteiger partial charge >= 0.3 is 6.18 Å². The Morgan fingerprint density at radius 3 is 2.33 bits per heavy atom. The second-order valence-electron chi connectivity index (χ2n) is 7.10. The zero-order chi connectivity index (χ0) is 23.3. The van der Waals surface area contributed by atoms with Crippen molar-refractivity contribution in [1.29, 1.82) is 0 Å². The minimum Gasteiger partial charge on any atom is -0.416 e. The molecule has 1 aromatic heterocycles. The predicted octanol–water partition coefficient (Wildman–Crippen LogP) is 6.15. The maximum absolute atomic E-state index is 13.1. The molecule has 0 bridgehead atoms. The van der Waals surface area contributed by atoms with Gasteiger partial charge in [0.05, 0.1) is 12.0 Å². The molecule has 0 radical (unpaired) electrons. The Morgan fingerprint density at radius 1 is 0.939 bits per heavy atom. The molecule has 33 heavy (non-hydrogen) atoms. The van der Waals surface area contributed by atoms with Crippen LogP contribution in [0.25, 0.3) is 0 Å². The van der Waals surface area contributed by atoms with Crippen LogP contribution in [0.1, 0.15) is 27.8 Å². The number of carbonyl (C=O) groups is 1. The van der Waals surface area contributed by atoms with Crippen LogP contribution in [0.3, 0.4) is 0 Å². The van der Waals surface area contributed by atoms with Crippen molar-refractivity contribution in [2.45, 2.75) is 23.1 Å². The Kier molecular flexibility index (Phi) is 6.79. The molecule has 4 rings (SSSR count). The first-order chi connectivity index (χ1) is 15.9. The molecule has 1 N–H and O–H groups in total. The summed E-state index contributed by atoms with van der Waals surface area (Å²) < 4.78 is 44.8. The van der Waals surface area contributed by atoms with Crippen molar-refractivity contribution >= 4 is 23.4 Å². The summed E-state index contributed by atoms with van der Waals surface area (Å²) in [5.74, 6) is -0.109. The number of anilines is 1. The molecule has 1 atom stereocenters. The van der Waals surface area contributed by atoms with Crippen LogP contribution in [0.15, 0.2) is 94.6 Å². The number of nitrogens with one attached hydrogen (secondary N) is 1. The van der Waals surface area contributed by atoms with Crippen molar-refractivity contribution in [3.8, 4) is 0 Å². The van der Waals surface area contributed by atoms with Crippen molar-refractivity contribution in [2.75, 3.05) is 5.32 Å². The van der Waals surface area contributed by atoms with Crippen molar-refractivity contribution in [3.63, 3.8) is 0 Å². The second-order valence-corrected chi connectivity index (χ2v) is 8.16. The van der Waals surface area contributed by atoms with Gasteiger partial charge < -0.3 is 9.73 Å². The quantitative estimate of drug-likeness (QED) is 0.329. The van der Waals surface area contributed by atoms with Crippen LogP contribution < -0.4 is 5.32 Å². The van der Waals surface area contributed by atoms with Crippen molar-refractivity contribution < 1.29 is 22.4 Å². The molecule has 0 aliphatic rings. The van der Waals surface area contributed by atoms with Gasteiger partial charge in [-0.05, 0) is 41.1 Å². The SMILES string of the molecule is O=C(Nc1cccc(C(F)(F)F)c1)C(Sc1nnc(Cc2ccccc2)o1)c1ccccc1. The molecular formula is C24H18F3N3O2S. The fourth-order valence-corrected chi connectivity index (χ4v) is 4.00. The lowest BCUT2D eigenvalue weighted by molar-refractivity contribution is -0.137. The lowest BCUT2D eigenvalue weighted by Crippen LogP contribution is -2.19. The zero-order valence-electron chi connectivity index (χ0n) is 17.1. The van der Waals surface area contributed by atoms with Gasteiger partial charge in [0, 0.05) is 5.69 Å². The first-order valence-electron chi connectivity index (χ1n) is 9.94. The average Bonchev–Trinajstić information content (AvgIpc) is 3.25. The van der Waals surface area contributed by atoms with Crippen molar-refractivity contribution in [3.05, 3.63) is 108 Å². The molecule has 0 aliphatic carbocycles. The molecular weight excluding hydrogens is 451 g/mol. The molecule has 168 valence electrons. The highest BCUT2D eigenvalue weighted by Crippen LogP contribution is 2.36. The zero-order valence-corrected chi connectivity index (χ0v) is 17.9. The van der Waals surface area contributed by atoms with E-state index in [9.17, 15) is 18.0 Å². The summed E-state index contributed by atoms with van der Waals surface area (Å²) in [6.45, 7) is 0. The number of benzene rings is 3. The Morgan fingerprint density at radius 2 is 1.64 bits per heavy atom. The smallest absolute Gasteiger partial charge is 0.416 e. The van der Waals surface area contributed by atoms with E-state index in [0.717, 1.165) is 29.5 Å². The predicted molar refractivity (Wildman–Crippen MR) is 119 cm³/mol. The second kappa shape index (κ2) is 9.91. The van der Waals surface area contributed by atoms with E-state index in [4.69, 9.17) is 4.42 Å². The van der Waals surface area contributed by atoms with Crippen LogP contribution in [0, 0.1) is 0 Å². The van der Waals surface area contributed by atoms with Gasteiger partial charge in [-0.15, -0.1) is 10.2 Å². The molecule has 1 heterocycles. The van der Waals surface area contributed by atoms with Crippen LogP contribution in [-0.2, 0) is 17.4 Å². The van der Waals surface area contributed by atoms with E-state index < -0.39 is 22.9 Å². The molecule has 0 aliphatic heterocycles. The summed E-state index contributed by atoms with van der Waals surface area (Å²) in [4.78, 5) is 13.1. The van der Waals surface area contributed by atoms with E-state index in [-0.39, 0.29) is 10.9 Å². The third-order valence-electron chi connectivity index (χ3n) is 4.66. The number of halogens is 3. The molecule has 9 heteroatoms. The van der Waals surface area contributed by atoms with Gasteiger partial charge in [-0.2, -0.15) is 13.2 Å². The van der Waals surface area contributed by atoms with Crippen LogP contribution in [0.2, 0.25) is 0 Å². The number of thioether (sulfide) groups is 1. The molecule has 0 saturated heterocycles. The summed E-state index contributed by atoms with van der Waals surface area (Å²) in [7, 11) is 0. The minimum absolute atomic E-state index is 0.0478. The van der Waals surface area contributed by atoms with Crippen molar-refractivity contribution in [2.24, 2.45) is 0 Å². The maximum atomic E-state index is 13.1. The fraction of sp³-hybridized carbons (Fsp3) is 0.125. The summed E-state index contributed by atoms with van der Waals surface area (Å²) in [6.07, 6.45) is -4.06. The number of carbonyl (C=O) groups excluding carboxylic acids is 1. The summed E-state index contributed by atoms with van der Waals surface area (Å²) in [5, 5.41) is 10.0. The number of rotatable bonds is 7. The normalized spacial score (nSPS) is 12.3. The largest absolute Gasteiger partial charge is 0.416 e. The monoisotopic (exact) mass is 469 g/mol. The van der Waals surface area contributed by atoms with Gasteiger partial charge in [0.2, 0.25) is 11.8 Å². The summed E-state index contributed by atoms with van der Waals surface area (Å²) in [6, 6.07) is 23.0. The molecule has 5 nitrogen and oxygen atoms in total. The molecule has 4 aromatic rings. The lowest BCUT2D eigenvalue weighted by Gasteiger charge is -2.16. The maximum Gasteiger partial charge on any atom is 0.416 e. The van der Waals surface area contributed by atoms with Gasteiger partial charge in [0.15, 0.2) is 0 Å². The molecule has 0 saturated carbocycles. The van der Waals surface area contributed by atoms with Crippen LogP contribution in [0.5, 0.6) is 0 Å². The van der Waals surface area contributed by atoms with Gasteiger partial charge in [-0.25, -0.2) is 0 Å². The number of aromatic nitrogens is 2. The number of hydrogen-bond donors (Lipinski definition) is 1. The van der Waals surface area contributed by atoms with E-state index in [2.05, 4.69) is 15.5 Å². The van der Waals surface area contributed by atoms with Gasteiger partial charge in [-0.3, -0.25) is 4.79 Å². The highest BCUT2D eigenvalue weighted by atomic mass is 32.2. The van der Waals surface area contributed by atoms with Crippen LogP contribution in [0.4, 0.5) is 18.9 Å². The number of alkyl halides is 3. The molecule has 0 spiro atoms. The van der Waals surface area contributed by atoms with Gasteiger partial charge in [0.1, 0.15) is 5.25 Å². The van der Waals surface area contributed by atoms with Crippen LogP contribution >= 0.6 is 11.8 Å². The number of hydrogen-bond acceptors (Lipinski definition) is 5. The Bertz CT molecular complexity index is 1210. The Balaban J connectivity index is 1.53. The standard InChI is InChI=1S/C24H18F3N3O2S/c25-24(26,27)18-12-7-13-19(15-18)28-22(31)21(17-10-5-2-6-11-17)33-23-30-29-20(32-23)14-16-8-3-1-4-9-16/h1-13,15,21H,14H2,(H,28,31). The Labute approximate surface area is 192 Å². The molecule has 0 fully saturated rings. The van der Waals surface area contributed by atoms with Crippen LogP contribution in [-0.4, -0.2) is 16.1 Å². The van der Waals surface area contributed by atoms with Gasteiger partial charge in [0.25, 0.3) is 5.22 Å². The third kappa shape index (κ3) is 6.01. The first-order valence-corrected chi connectivity index (χ1v) is 10.8. The molecule has 3 aromatic carbocycles. The van der Waals surface area contributed by atoms with E-state index in [0.29, 0.717) is 17.9 Å².